The summed E-state index contributed by atoms with van der Waals surface area (Å²) in [4.78, 5) is 28.4. The van der Waals surface area contributed by atoms with Gasteiger partial charge >= 0.3 is 0 Å². The summed E-state index contributed by atoms with van der Waals surface area (Å²) in [6.45, 7) is 7.41. The Labute approximate surface area is 241 Å². The Morgan fingerprint density at radius 1 is 0.925 bits per heavy atom. The van der Waals surface area contributed by atoms with E-state index in [9.17, 15) is 18.0 Å². The number of nitrogens with zero attached hydrogens (tertiary/aromatic N) is 2. The number of nitrogens with one attached hydrogen (secondary N) is 1. The lowest BCUT2D eigenvalue weighted by Gasteiger charge is -2.32. The van der Waals surface area contributed by atoms with Gasteiger partial charge in [-0.15, -0.1) is 0 Å². The molecule has 3 aromatic carbocycles. The molecule has 0 saturated carbocycles. The van der Waals surface area contributed by atoms with E-state index in [1.54, 1.807) is 31.2 Å². The molecular weight excluding hydrogens is 550 g/mol. The Balaban J connectivity index is 2.01. The Morgan fingerprint density at radius 3 is 2.12 bits per heavy atom. The van der Waals surface area contributed by atoms with Gasteiger partial charge in [0.15, 0.2) is 0 Å². The predicted molar refractivity (Wildman–Crippen MR) is 158 cm³/mol. The van der Waals surface area contributed by atoms with Crippen LogP contribution in [0, 0.1) is 0 Å². The summed E-state index contributed by atoms with van der Waals surface area (Å²) in [7, 11) is -4.18. The van der Waals surface area contributed by atoms with Crippen molar-refractivity contribution in [2.24, 2.45) is 0 Å². The number of ether oxygens (including phenoxy) is 1. The van der Waals surface area contributed by atoms with E-state index in [0.717, 1.165) is 16.3 Å². The second kappa shape index (κ2) is 14.2. The maximum atomic E-state index is 13.9. The van der Waals surface area contributed by atoms with E-state index >= 15 is 0 Å². The second-order valence-corrected chi connectivity index (χ2v) is 11.7. The molecule has 3 aromatic rings. The number of anilines is 1. The zero-order chi connectivity index (χ0) is 29.3. The monoisotopic (exact) mass is 585 g/mol. The highest BCUT2D eigenvalue weighted by Crippen LogP contribution is 2.27. The quantitative estimate of drug-likeness (QED) is 0.295. The number of hydrogen-bond acceptors (Lipinski definition) is 5. The van der Waals surface area contributed by atoms with Gasteiger partial charge in [0.25, 0.3) is 10.0 Å². The van der Waals surface area contributed by atoms with E-state index < -0.39 is 28.5 Å². The third kappa shape index (κ3) is 7.99. The zero-order valence-corrected chi connectivity index (χ0v) is 24.8. The van der Waals surface area contributed by atoms with Gasteiger partial charge in [-0.2, -0.15) is 0 Å². The minimum absolute atomic E-state index is 0.0178. The summed E-state index contributed by atoms with van der Waals surface area (Å²) in [5.74, 6) is -0.267. The minimum atomic E-state index is -4.18. The van der Waals surface area contributed by atoms with Crippen LogP contribution in [0.25, 0.3) is 0 Å². The van der Waals surface area contributed by atoms with Gasteiger partial charge in [-0.3, -0.25) is 13.9 Å². The van der Waals surface area contributed by atoms with Crippen LogP contribution in [0.3, 0.4) is 0 Å². The number of carbonyl (C=O) groups excluding carboxylic acids is 2. The SMILES string of the molecule is CCOc1ccc(N(CC(=O)N(Cc2ccccc2)[C@H](C)C(=O)N[C@H](C)CC)S(=O)(=O)c2ccc(Cl)cc2)cc1. The van der Waals surface area contributed by atoms with Gasteiger partial charge in [0.05, 0.1) is 17.2 Å². The summed E-state index contributed by atoms with van der Waals surface area (Å²) in [5, 5.41) is 3.31. The molecule has 8 nitrogen and oxygen atoms in total. The summed E-state index contributed by atoms with van der Waals surface area (Å²) in [5.41, 5.74) is 1.09. The zero-order valence-electron chi connectivity index (χ0n) is 23.2. The van der Waals surface area contributed by atoms with E-state index in [0.29, 0.717) is 17.4 Å². The molecule has 0 aliphatic rings. The smallest absolute Gasteiger partial charge is 0.264 e. The molecule has 0 saturated heterocycles. The number of benzene rings is 3. The van der Waals surface area contributed by atoms with Crippen LogP contribution in [-0.4, -0.2) is 50.4 Å². The summed E-state index contributed by atoms with van der Waals surface area (Å²) in [6, 6.07) is 20.6. The van der Waals surface area contributed by atoms with Crippen LogP contribution in [0.4, 0.5) is 5.69 Å². The lowest BCUT2D eigenvalue weighted by atomic mass is 10.1. The highest BCUT2D eigenvalue weighted by Gasteiger charge is 2.32. The third-order valence-electron chi connectivity index (χ3n) is 6.48. The number of carbonyl (C=O) groups is 2. The molecule has 2 amide bonds. The van der Waals surface area contributed by atoms with E-state index in [1.165, 1.54) is 29.2 Å². The van der Waals surface area contributed by atoms with Crippen LogP contribution < -0.4 is 14.4 Å². The van der Waals surface area contributed by atoms with Crippen molar-refractivity contribution in [1.29, 1.82) is 0 Å². The van der Waals surface area contributed by atoms with Gasteiger partial charge in [0.2, 0.25) is 11.8 Å². The molecule has 2 atom stereocenters. The molecule has 0 fully saturated rings. The molecule has 0 spiro atoms. The number of halogens is 1. The summed E-state index contributed by atoms with van der Waals surface area (Å²) >= 11 is 6.00. The molecule has 0 unspecified atom stereocenters. The van der Waals surface area contributed by atoms with Gasteiger partial charge in [0, 0.05) is 17.6 Å². The Kier molecular flexibility index (Phi) is 11.0. The molecule has 40 heavy (non-hydrogen) atoms. The van der Waals surface area contributed by atoms with Crippen molar-refractivity contribution in [3.8, 4) is 5.75 Å². The van der Waals surface area contributed by atoms with Gasteiger partial charge in [-0.1, -0.05) is 48.9 Å². The van der Waals surface area contributed by atoms with Crippen LogP contribution >= 0.6 is 11.6 Å². The van der Waals surface area contributed by atoms with Crippen molar-refractivity contribution >= 4 is 39.1 Å². The maximum Gasteiger partial charge on any atom is 0.264 e. The van der Waals surface area contributed by atoms with E-state index in [-0.39, 0.29) is 29.1 Å². The normalized spacial score (nSPS) is 12.7. The largest absolute Gasteiger partial charge is 0.494 e. The third-order valence-corrected chi connectivity index (χ3v) is 8.52. The Hall–Kier alpha value is -3.56. The Bertz CT molecular complexity index is 1370. The molecule has 0 aromatic heterocycles. The van der Waals surface area contributed by atoms with Gasteiger partial charge < -0.3 is 15.0 Å². The van der Waals surface area contributed by atoms with Crippen LogP contribution in [0.5, 0.6) is 5.75 Å². The van der Waals surface area contributed by atoms with Crippen molar-refractivity contribution in [2.75, 3.05) is 17.5 Å². The van der Waals surface area contributed by atoms with Gasteiger partial charge in [-0.25, -0.2) is 8.42 Å². The molecule has 0 aliphatic heterocycles. The molecule has 0 bridgehead atoms. The van der Waals surface area contributed by atoms with E-state index in [1.807, 2.05) is 51.1 Å². The van der Waals surface area contributed by atoms with E-state index in [4.69, 9.17) is 16.3 Å². The molecular formula is C30H36ClN3O5S. The number of rotatable bonds is 13. The van der Waals surface area contributed by atoms with Crippen molar-refractivity contribution in [1.82, 2.24) is 10.2 Å². The highest BCUT2D eigenvalue weighted by atomic mass is 35.5. The van der Waals surface area contributed by atoms with Crippen LogP contribution in [0.2, 0.25) is 5.02 Å². The van der Waals surface area contributed by atoms with Crippen molar-refractivity contribution in [2.45, 2.75) is 57.6 Å². The van der Waals surface area contributed by atoms with Gasteiger partial charge in [-0.05, 0) is 81.3 Å². The topological polar surface area (TPSA) is 96.0 Å². The second-order valence-electron chi connectivity index (χ2n) is 9.39. The maximum absolute atomic E-state index is 13.9. The summed E-state index contributed by atoms with van der Waals surface area (Å²) in [6.07, 6.45) is 0.732. The van der Waals surface area contributed by atoms with Crippen molar-refractivity contribution < 1.29 is 22.7 Å². The predicted octanol–water partition coefficient (Wildman–Crippen LogP) is 5.27. The average molecular weight is 586 g/mol. The number of sulfonamides is 1. The molecule has 0 radical (unpaired) electrons. The lowest BCUT2D eigenvalue weighted by molar-refractivity contribution is -0.139. The highest BCUT2D eigenvalue weighted by molar-refractivity contribution is 7.92. The first-order valence-electron chi connectivity index (χ1n) is 13.2. The van der Waals surface area contributed by atoms with Crippen molar-refractivity contribution in [3.63, 3.8) is 0 Å². The van der Waals surface area contributed by atoms with E-state index in [2.05, 4.69) is 5.32 Å². The fraction of sp³-hybridized carbons (Fsp3) is 0.333. The fourth-order valence-corrected chi connectivity index (χ4v) is 5.51. The van der Waals surface area contributed by atoms with Gasteiger partial charge in [0.1, 0.15) is 18.3 Å². The van der Waals surface area contributed by atoms with Crippen LogP contribution in [-0.2, 0) is 26.2 Å². The molecule has 1 N–H and O–H groups in total. The fourth-order valence-electron chi connectivity index (χ4n) is 3.97. The first kappa shape index (κ1) is 31.0. The Morgan fingerprint density at radius 2 is 1.55 bits per heavy atom. The van der Waals surface area contributed by atoms with Crippen molar-refractivity contribution in [3.05, 3.63) is 89.4 Å². The van der Waals surface area contributed by atoms with Crippen LogP contribution in [0.1, 0.15) is 39.7 Å². The lowest BCUT2D eigenvalue weighted by Crippen LogP contribution is -2.52. The molecule has 3 rings (SSSR count). The average Bonchev–Trinajstić information content (AvgIpc) is 2.95. The minimum Gasteiger partial charge on any atom is -0.494 e. The molecule has 10 heteroatoms. The number of amides is 2. The van der Waals surface area contributed by atoms with Crippen LogP contribution in [0.15, 0.2) is 83.8 Å². The standard InChI is InChI=1S/C30H36ClN3O5S/c1-5-22(3)32-30(36)23(4)33(20-24-10-8-7-9-11-24)29(35)21-34(26-14-16-27(17-15-26)39-6-2)40(37,38)28-18-12-25(31)13-19-28/h7-19,22-23H,5-6,20-21H2,1-4H3,(H,32,36)/t22-,23-/m1/s1. The first-order valence-corrected chi connectivity index (χ1v) is 15.0. The molecule has 0 aliphatic carbocycles. The molecule has 0 heterocycles. The molecule has 214 valence electrons. The number of hydrogen-bond donors (Lipinski definition) is 1. The first-order chi connectivity index (χ1) is 19.1. The summed E-state index contributed by atoms with van der Waals surface area (Å²) < 4.78 is 34.3.